The molecule has 0 aromatic heterocycles. The van der Waals surface area contributed by atoms with Gasteiger partial charge in [-0.15, -0.1) is 0 Å². The molecule has 1 aliphatic heterocycles. The molecule has 2 aromatic carbocycles. The van der Waals surface area contributed by atoms with Crippen LogP contribution in [0.5, 0.6) is 23.0 Å². The van der Waals surface area contributed by atoms with Crippen LogP contribution in [0.15, 0.2) is 36.4 Å². The van der Waals surface area contributed by atoms with E-state index in [2.05, 4.69) is 10.6 Å². The lowest BCUT2D eigenvalue weighted by molar-refractivity contribution is 0.171. The average molecular weight is 358 g/mol. The van der Waals surface area contributed by atoms with Gasteiger partial charge in [0.15, 0.2) is 23.0 Å². The number of rotatable bonds is 6. The summed E-state index contributed by atoms with van der Waals surface area (Å²) in [5.74, 6) is 2.63. The summed E-state index contributed by atoms with van der Waals surface area (Å²) in [5, 5.41) is 5.50. The number of urea groups is 1. The Morgan fingerprint density at radius 2 is 1.88 bits per heavy atom. The van der Waals surface area contributed by atoms with Gasteiger partial charge in [-0.05, 0) is 36.8 Å². The Kier molecular flexibility index (Phi) is 5.68. The van der Waals surface area contributed by atoms with Crippen molar-refractivity contribution in [3.05, 3.63) is 42.0 Å². The van der Waals surface area contributed by atoms with Crippen molar-refractivity contribution in [1.29, 1.82) is 0 Å². The molecular weight excluding hydrogens is 336 g/mol. The van der Waals surface area contributed by atoms with Crippen LogP contribution in [0.25, 0.3) is 0 Å². The third-order valence-electron chi connectivity index (χ3n) is 3.76. The lowest BCUT2D eigenvalue weighted by Crippen LogP contribution is -2.32. The number of benzene rings is 2. The maximum absolute atomic E-state index is 12.0. The zero-order valence-electron chi connectivity index (χ0n) is 14.8. The Bertz CT molecular complexity index is 779. The Balaban J connectivity index is 1.45. The maximum atomic E-state index is 12.0. The van der Waals surface area contributed by atoms with Gasteiger partial charge in [0.1, 0.15) is 19.8 Å². The van der Waals surface area contributed by atoms with Crippen molar-refractivity contribution >= 4 is 11.7 Å². The molecule has 0 radical (unpaired) electrons. The van der Waals surface area contributed by atoms with Gasteiger partial charge in [0.05, 0.1) is 13.7 Å². The van der Waals surface area contributed by atoms with Crippen LogP contribution in [0.1, 0.15) is 5.56 Å². The topological polar surface area (TPSA) is 78.1 Å². The highest BCUT2D eigenvalue weighted by atomic mass is 16.6. The highest BCUT2D eigenvalue weighted by molar-refractivity contribution is 5.89. The number of carbonyl (C=O) groups is 1. The first kappa shape index (κ1) is 17.7. The molecule has 0 aliphatic carbocycles. The molecule has 0 saturated carbocycles. The average Bonchev–Trinajstić information content (AvgIpc) is 2.66. The minimum Gasteiger partial charge on any atom is -0.493 e. The largest absolute Gasteiger partial charge is 0.493 e. The van der Waals surface area contributed by atoms with E-state index in [1.54, 1.807) is 25.3 Å². The molecule has 2 aromatic rings. The molecule has 26 heavy (non-hydrogen) atoms. The minimum absolute atomic E-state index is 0.318. The van der Waals surface area contributed by atoms with Gasteiger partial charge < -0.3 is 29.6 Å². The molecule has 2 N–H and O–H groups in total. The van der Waals surface area contributed by atoms with Crippen LogP contribution in [-0.2, 0) is 0 Å². The molecule has 7 nitrogen and oxygen atoms in total. The van der Waals surface area contributed by atoms with Gasteiger partial charge in [-0.2, -0.15) is 0 Å². The molecule has 0 spiro atoms. The van der Waals surface area contributed by atoms with Crippen LogP contribution in [0.3, 0.4) is 0 Å². The fourth-order valence-corrected chi connectivity index (χ4v) is 2.52. The number of nitrogens with one attached hydrogen (secondary N) is 2. The summed E-state index contributed by atoms with van der Waals surface area (Å²) in [5.41, 5.74) is 1.72. The zero-order valence-corrected chi connectivity index (χ0v) is 14.8. The number of hydrogen-bond donors (Lipinski definition) is 2. The van der Waals surface area contributed by atoms with Crippen molar-refractivity contribution in [2.75, 3.05) is 38.8 Å². The second-order valence-corrected chi connectivity index (χ2v) is 5.74. The van der Waals surface area contributed by atoms with Crippen molar-refractivity contribution in [1.82, 2.24) is 5.32 Å². The first-order valence-corrected chi connectivity index (χ1v) is 8.37. The lowest BCUT2D eigenvalue weighted by atomic mass is 10.2. The lowest BCUT2D eigenvalue weighted by Gasteiger charge is -2.19. The van der Waals surface area contributed by atoms with Gasteiger partial charge in [0.25, 0.3) is 0 Å². The maximum Gasteiger partial charge on any atom is 0.319 e. The second-order valence-electron chi connectivity index (χ2n) is 5.74. The summed E-state index contributed by atoms with van der Waals surface area (Å²) in [7, 11) is 1.60. The first-order valence-electron chi connectivity index (χ1n) is 8.37. The van der Waals surface area contributed by atoms with Gasteiger partial charge in [0, 0.05) is 11.8 Å². The van der Waals surface area contributed by atoms with Crippen molar-refractivity contribution in [3.63, 3.8) is 0 Å². The number of methoxy groups -OCH3 is 1. The number of anilines is 1. The predicted molar refractivity (Wildman–Crippen MR) is 97.7 cm³/mol. The molecule has 0 fully saturated rings. The molecule has 1 aliphatic rings. The van der Waals surface area contributed by atoms with E-state index in [4.69, 9.17) is 18.9 Å². The molecule has 1 heterocycles. The van der Waals surface area contributed by atoms with Gasteiger partial charge in [0.2, 0.25) is 0 Å². The van der Waals surface area contributed by atoms with Gasteiger partial charge in [-0.25, -0.2) is 4.79 Å². The van der Waals surface area contributed by atoms with E-state index < -0.39 is 0 Å². The van der Waals surface area contributed by atoms with Gasteiger partial charge in [-0.1, -0.05) is 6.07 Å². The Hall–Kier alpha value is -3.09. The number of amides is 2. The van der Waals surface area contributed by atoms with E-state index in [1.165, 1.54) is 0 Å². The summed E-state index contributed by atoms with van der Waals surface area (Å²) in [6, 6.07) is 10.7. The smallest absolute Gasteiger partial charge is 0.319 e. The molecule has 0 saturated heterocycles. The number of carbonyl (C=O) groups excluding carboxylic acids is 1. The number of aryl methyl sites for hydroxylation is 1. The van der Waals surface area contributed by atoms with Gasteiger partial charge in [-0.3, -0.25) is 0 Å². The summed E-state index contributed by atoms with van der Waals surface area (Å²) in [6.45, 7) is 3.70. The van der Waals surface area contributed by atoms with Crippen molar-refractivity contribution < 1.29 is 23.7 Å². The standard InChI is InChI=1S/C19H22N2O5/c1-13-3-5-15(17(11-13)23-2)24-8-7-20-19(22)21-14-4-6-16-18(12-14)26-10-9-25-16/h3-6,11-12H,7-10H2,1-2H3,(H2,20,21,22). The fourth-order valence-electron chi connectivity index (χ4n) is 2.52. The quantitative estimate of drug-likeness (QED) is 0.776. The highest BCUT2D eigenvalue weighted by Gasteiger charge is 2.12. The van der Waals surface area contributed by atoms with Crippen molar-refractivity contribution in [2.24, 2.45) is 0 Å². The SMILES string of the molecule is COc1cc(C)ccc1OCCNC(=O)Nc1ccc2c(c1)OCCO2. The number of hydrogen-bond acceptors (Lipinski definition) is 5. The van der Waals surface area contributed by atoms with E-state index in [1.807, 2.05) is 25.1 Å². The summed E-state index contributed by atoms with van der Waals surface area (Å²) in [6.07, 6.45) is 0. The highest BCUT2D eigenvalue weighted by Crippen LogP contribution is 2.32. The van der Waals surface area contributed by atoms with E-state index in [-0.39, 0.29) is 6.03 Å². The third kappa shape index (κ3) is 4.50. The molecule has 0 bridgehead atoms. The molecule has 0 atom stereocenters. The van der Waals surface area contributed by atoms with Crippen LogP contribution in [0, 0.1) is 6.92 Å². The monoisotopic (exact) mass is 358 g/mol. The minimum atomic E-state index is -0.318. The summed E-state index contributed by atoms with van der Waals surface area (Å²) < 4.78 is 21.9. The van der Waals surface area contributed by atoms with Crippen LogP contribution in [0.4, 0.5) is 10.5 Å². The van der Waals surface area contributed by atoms with Crippen LogP contribution in [0.2, 0.25) is 0 Å². The van der Waals surface area contributed by atoms with Crippen LogP contribution < -0.4 is 29.6 Å². The van der Waals surface area contributed by atoms with E-state index >= 15 is 0 Å². The van der Waals surface area contributed by atoms with E-state index in [0.717, 1.165) is 5.56 Å². The number of ether oxygens (including phenoxy) is 4. The molecular formula is C19H22N2O5. The van der Waals surface area contributed by atoms with Gasteiger partial charge >= 0.3 is 6.03 Å². The number of fused-ring (bicyclic) bond motifs is 1. The predicted octanol–water partition coefficient (Wildman–Crippen LogP) is 2.98. The normalized spacial score (nSPS) is 12.2. The van der Waals surface area contributed by atoms with Crippen molar-refractivity contribution in [2.45, 2.75) is 6.92 Å². The van der Waals surface area contributed by atoms with E-state index in [0.29, 0.717) is 55.1 Å². The summed E-state index contributed by atoms with van der Waals surface area (Å²) >= 11 is 0. The van der Waals surface area contributed by atoms with Crippen LogP contribution >= 0.6 is 0 Å². The summed E-state index contributed by atoms with van der Waals surface area (Å²) in [4.78, 5) is 12.0. The molecule has 2 amide bonds. The molecule has 7 heteroatoms. The Labute approximate surface area is 152 Å². The Morgan fingerprint density at radius 3 is 2.69 bits per heavy atom. The molecule has 3 rings (SSSR count). The second kappa shape index (κ2) is 8.33. The van der Waals surface area contributed by atoms with E-state index in [9.17, 15) is 4.79 Å². The Morgan fingerprint density at radius 1 is 1.08 bits per heavy atom. The molecule has 0 unspecified atom stereocenters. The fraction of sp³-hybridized carbons (Fsp3) is 0.316. The third-order valence-corrected chi connectivity index (χ3v) is 3.76. The van der Waals surface area contributed by atoms with Crippen molar-refractivity contribution in [3.8, 4) is 23.0 Å². The zero-order chi connectivity index (χ0) is 18.4. The molecule has 138 valence electrons. The van der Waals surface area contributed by atoms with Crippen LogP contribution in [-0.4, -0.2) is 39.5 Å². The first-order chi connectivity index (χ1) is 12.7.